The number of rotatable bonds is 3. The number of nitrogens with zero attached hydrogens (tertiary/aromatic N) is 2. The quantitative estimate of drug-likeness (QED) is 0.942. The van der Waals surface area contributed by atoms with Gasteiger partial charge in [-0.1, -0.05) is 17.7 Å². The molecule has 0 fully saturated rings. The number of fused-ring (bicyclic) bond motifs is 1. The number of benzene rings is 1. The Kier molecular flexibility index (Phi) is 3.47. The van der Waals surface area contributed by atoms with Crippen molar-refractivity contribution in [2.45, 2.75) is 13.5 Å². The van der Waals surface area contributed by atoms with E-state index in [4.69, 9.17) is 21.1 Å². The molecule has 2 heterocycles. The average Bonchev–Trinajstić information content (AvgIpc) is 3.04. The van der Waals surface area contributed by atoms with Crippen LogP contribution >= 0.6 is 11.6 Å². The van der Waals surface area contributed by atoms with Gasteiger partial charge in [0.1, 0.15) is 0 Å². The lowest BCUT2D eigenvalue weighted by Gasteiger charge is -2.05. The van der Waals surface area contributed by atoms with Crippen LogP contribution in [-0.4, -0.2) is 22.5 Å². The molecule has 21 heavy (non-hydrogen) atoms. The van der Waals surface area contributed by atoms with Gasteiger partial charge in [-0.05, 0) is 24.6 Å². The summed E-state index contributed by atoms with van der Waals surface area (Å²) in [6.45, 7) is 2.40. The van der Waals surface area contributed by atoms with E-state index in [1.165, 1.54) is 0 Å². The molecule has 0 bridgehead atoms. The van der Waals surface area contributed by atoms with Gasteiger partial charge in [-0.3, -0.25) is 9.48 Å². The molecule has 0 spiro atoms. The zero-order valence-corrected chi connectivity index (χ0v) is 12.4. The Labute approximate surface area is 126 Å². The number of aromatic nitrogens is 2. The molecule has 0 unspecified atom stereocenters. The van der Waals surface area contributed by atoms with Gasteiger partial charge in [0.05, 0.1) is 10.7 Å². The molecule has 1 aliphatic rings. The maximum atomic E-state index is 12.1. The van der Waals surface area contributed by atoms with Gasteiger partial charge >= 0.3 is 0 Å². The molecule has 1 aromatic heterocycles. The van der Waals surface area contributed by atoms with Crippen LogP contribution in [0.2, 0.25) is 5.02 Å². The topological polar surface area (TPSA) is 65.4 Å². The number of carbonyl (C=O) groups excluding carboxylic acids is 1. The summed E-state index contributed by atoms with van der Waals surface area (Å²) in [5, 5.41) is 7.28. The number of carbonyl (C=O) groups is 1. The monoisotopic (exact) mass is 307 g/mol. The summed E-state index contributed by atoms with van der Waals surface area (Å²) in [6.07, 6.45) is 0. The average molecular weight is 308 g/mol. The summed E-state index contributed by atoms with van der Waals surface area (Å²) in [4.78, 5) is 12.1. The normalized spacial score (nSPS) is 12.5. The fraction of sp³-hybridized carbons (Fsp3) is 0.286. The van der Waals surface area contributed by atoms with Crippen molar-refractivity contribution in [1.82, 2.24) is 15.1 Å². The van der Waals surface area contributed by atoms with Gasteiger partial charge in [0.15, 0.2) is 17.2 Å². The van der Waals surface area contributed by atoms with Crippen molar-refractivity contribution in [3.05, 3.63) is 40.2 Å². The smallest absolute Gasteiger partial charge is 0.273 e. The van der Waals surface area contributed by atoms with Crippen LogP contribution in [0.5, 0.6) is 11.5 Å². The predicted octanol–water partition coefficient (Wildman–Crippen LogP) is 2.04. The van der Waals surface area contributed by atoms with Gasteiger partial charge < -0.3 is 14.8 Å². The molecule has 1 amide bonds. The summed E-state index contributed by atoms with van der Waals surface area (Å²) in [7, 11) is 1.75. The molecule has 1 aromatic carbocycles. The predicted molar refractivity (Wildman–Crippen MR) is 76.7 cm³/mol. The minimum atomic E-state index is -0.304. The van der Waals surface area contributed by atoms with Crippen LogP contribution in [0, 0.1) is 6.92 Å². The maximum Gasteiger partial charge on any atom is 0.273 e. The van der Waals surface area contributed by atoms with Crippen molar-refractivity contribution >= 4 is 17.5 Å². The molecule has 110 valence electrons. The lowest BCUT2D eigenvalue weighted by molar-refractivity contribution is 0.0945. The number of halogens is 1. The van der Waals surface area contributed by atoms with E-state index in [1.54, 1.807) is 11.7 Å². The molecule has 1 N–H and O–H groups in total. The first kappa shape index (κ1) is 13.8. The highest BCUT2D eigenvalue weighted by molar-refractivity contribution is 6.34. The molecule has 0 saturated heterocycles. The van der Waals surface area contributed by atoms with E-state index in [0.717, 1.165) is 11.3 Å². The third-order valence-corrected chi connectivity index (χ3v) is 3.82. The Balaban J connectivity index is 1.70. The van der Waals surface area contributed by atoms with Crippen LogP contribution in [0.25, 0.3) is 0 Å². The van der Waals surface area contributed by atoms with Crippen LogP contribution in [0.1, 0.15) is 21.7 Å². The standard InChI is InChI=1S/C14H14ClN3O3/c1-8-12(15)13(17-18(8)2)14(19)16-6-9-3-4-10-11(5-9)21-7-20-10/h3-5H,6-7H2,1-2H3,(H,16,19). The minimum Gasteiger partial charge on any atom is -0.454 e. The van der Waals surface area contributed by atoms with Gasteiger partial charge in [0.25, 0.3) is 5.91 Å². The highest BCUT2D eigenvalue weighted by Gasteiger charge is 2.18. The summed E-state index contributed by atoms with van der Waals surface area (Å²) < 4.78 is 12.1. The first-order chi connectivity index (χ1) is 10.1. The van der Waals surface area contributed by atoms with Gasteiger partial charge in [0, 0.05) is 13.6 Å². The fourth-order valence-corrected chi connectivity index (χ4v) is 2.29. The van der Waals surface area contributed by atoms with E-state index in [9.17, 15) is 4.79 Å². The molecule has 1 aliphatic heterocycles. The molecule has 7 heteroatoms. The third-order valence-electron chi connectivity index (χ3n) is 3.37. The Morgan fingerprint density at radius 3 is 2.90 bits per heavy atom. The number of nitrogens with one attached hydrogen (secondary N) is 1. The van der Waals surface area contributed by atoms with E-state index >= 15 is 0 Å². The second kappa shape index (κ2) is 5.29. The lowest BCUT2D eigenvalue weighted by Crippen LogP contribution is -2.23. The molecule has 2 aromatic rings. The molecule has 0 aliphatic carbocycles. The van der Waals surface area contributed by atoms with E-state index < -0.39 is 0 Å². The number of hydrogen-bond donors (Lipinski definition) is 1. The Hall–Kier alpha value is -2.21. The van der Waals surface area contributed by atoms with Gasteiger partial charge in [-0.2, -0.15) is 5.10 Å². The zero-order valence-electron chi connectivity index (χ0n) is 11.6. The van der Waals surface area contributed by atoms with Gasteiger partial charge in [0.2, 0.25) is 6.79 Å². The molecule has 3 rings (SSSR count). The molecular weight excluding hydrogens is 294 g/mol. The Bertz CT molecular complexity index is 712. The van der Waals surface area contributed by atoms with Gasteiger partial charge in [-0.25, -0.2) is 0 Å². The number of amides is 1. The summed E-state index contributed by atoms with van der Waals surface area (Å²) in [5.41, 5.74) is 1.90. The van der Waals surface area contributed by atoms with E-state index in [2.05, 4.69) is 10.4 Å². The summed E-state index contributed by atoms with van der Waals surface area (Å²) in [6, 6.07) is 5.54. The number of hydrogen-bond acceptors (Lipinski definition) is 4. The number of aryl methyl sites for hydroxylation is 1. The van der Waals surface area contributed by atoms with Gasteiger partial charge in [-0.15, -0.1) is 0 Å². The van der Waals surface area contributed by atoms with E-state index in [0.29, 0.717) is 23.1 Å². The van der Waals surface area contributed by atoms with Crippen molar-refractivity contribution < 1.29 is 14.3 Å². The first-order valence-corrected chi connectivity index (χ1v) is 6.80. The lowest BCUT2D eigenvalue weighted by atomic mass is 10.2. The minimum absolute atomic E-state index is 0.230. The second-order valence-electron chi connectivity index (χ2n) is 4.74. The molecule has 0 radical (unpaired) electrons. The van der Waals surface area contributed by atoms with Crippen LogP contribution in [-0.2, 0) is 13.6 Å². The van der Waals surface area contributed by atoms with Crippen molar-refractivity contribution in [3.8, 4) is 11.5 Å². The van der Waals surface area contributed by atoms with Crippen molar-refractivity contribution in [2.24, 2.45) is 7.05 Å². The fourth-order valence-electron chi connectivity index (χ4n) is 2.04. The Morgan fingerprint density at radius 1 is 1.43 bits per heavy atom. The zero-order chi connectivity index (χ0) is 15.0. The summed E-state index contributed by atoms with van der Waals surface area (Å²) in [5.74, 6) is 1.10. The highest BCUT2D eigenvalue weighted by atomic mass is 35.5. The molecular formula is C14H14ClN3O3. The van der Waals surface area contributed by atoms with E-state index in [1.807, 2.05) is 25.1 Å². The van der Waals surface area contributed by atoms with Crippen molar-refractivity contribution in [1.29, 1.82) is 0 Å². The second-order valence-corrected chi connectivity index (χ2v) is 5.12. The number of ether oxygens (including phenoxy) is 2. The largest absolute Gasteiger partial charge is 0.454 e. The first-order valence-electron chi connectivity index (χ1n) is 6.42. The SMILES string of the molecule is Cc1c(Cl)c(C(=O)NCc2ccc3c(c2)OCO3)nn1C. The van der Waals surface area contributed by atoms with Crippen LogP contribution in [0.15, 0.2) is 18.2 Å². The summed E-state index contributed by atoms with van der Waals surface area (Å²) >= 11 is 6.09. The third kappa shape index (κ3) is 2.54. The van der Waals surface area contributed by atoms with Crippen LogP contribution in [0.3, 0.4) is 0 Å². The van der Waals surface area contributed by atoms with Crippen LogP contribution in [0.4, 0.5) is 0 Å². The Morgan fingerprint density at radius 2 is 2.19 bits per heavy atom. The highest BCUT2D eigenvalue weighted by Crippen LogP contribution is 2.32. The van der Waals surface area contributed by atoms with Crippen LogP contribution < -0.4 is 14.8 Å². The van der Waals surface area contributed by atoms with E-state index in [-0.39, 0.29) is 18.4 Å². The van der Waals surface area contributed by atoms with Crippen molar-refractivity contribution in [2.75, 3.05) is 6.79 Å². The molecule has 6 nitrogen and oxygen atoms in total. The molecule has 0 atom stereocenters. The van der Waals surface area contributed by atoms with Crippen molar-refractivity contribution in [3.63, 3.8) is 0 Å². The maximum absolute atomic E-state index is 12.1. The molecule has 0 saturated carbocycles.